The van der Waals surface area contributed by atoms with E-state index in [2.05, 4.69) is 26.0 Å². The lowest BCUT2D eigenvalue weighted by Gasteiger charge is -2.28. The summed E-state index contributed by atoms with van der Waals surface area (Å²) in [5.74, 6) is -0.214. The van der Waals surface area contributed by atoms with Crippen LogP contribution in [-0.2, 0) is 0 Å². The minimum Gasteiger partial charge on any atom is -0.457 e. The maximum absolute atomic E-state index is 12.2. The van der Waals surface area contributed by atoms with Gasteiger partial charge < -0.3 is 25.4 Å². The molecule has 1 aromatic rings. The van der Waals surface area contributed by atoms with Crippen molar-refractivity contribution < 1.29 is 27.4 Å². The van der Waals surface area contributed by atoms with Crippen molar-refractivity contribution in [3.8, 4) is 11.5 Å². The van der Waals surface area contributed by atoms with E-state index >= 15 is 0 Å². The summed E-state index contributed by atoms with van der Waals surface area (Å²) in [6, 6.07) is 4.78. The lowest BCUT2D eigenvalue weighted by Crippen LogP contribution is -2.56. The Morgan fingerprint density at radius 3 is 2.38 bits per heavy atom. The predicted octanol–water partition coefficient (Wildman–Crippen LogP) is 2.97. The summed E-state index contributed by atoms with van der Waals surface area (Å²) >= 11 is 0. The second-order valence-electron chi connectivity index (χ2n) is 4.49. The first-order valence-electron chi connectivity index (χ1n) is 8.21. The molecular weight excluding hydrogens is 353 g/mol. The van der Waals surface area contributed by atoms with Gasteiger partial charge in [-0.2, -0.15) is 0 Å². The van der Waals surface area contributed by atoms with Crippen molar-refractivity contribution in [2.24, 2.45) is 0 Å². The molecule has 146 valence electrons. The number of urea groups is 1. The third-order valence-electron chi connectivity index (χ3n) is 2.85. The number of ether oxygens (including phenoxy) is 2. The van der Waals surface area contributed by atoms with Crippen LogP contribution in [0.15, 0.2) is 36.2 Å². The highest BCUT2D eigenvalue weighted by Crippen LogP contribution is 2.26. The minimum atomic E-state index is -4.77. The largest absolute Gasteiger partial charge is 0.573 e. The molecule has 2 heterocycles. The summed E-state index contributed by atoms with van der Waals surface area (Å²) < 4.78 is 45.8. The summed E-state index contributed by atoms with van der Waals surface area (Å²) in [7, 11) is 0. The summed E-state index contributed by atoms with van der Waals surface area (Å²) in [4.78, 5) is 11.2. The van der Waals surface area contributed by atoms with Crippen LogP contribution in [0.4, 0.5) is 18.0 Å². The number of hydrogen-bond donors (Lipinski definition) is 4. The van der Waals surface area contributed by atoms with E-state index in [0.717, 1.165) is 6.07 Å². The van der Waals surface area contributed by atoms with E-state index in [4.69, 9.17) is 4.74 Å². The van der Waals surface area contributed by atoms with E-state index in [0.29, 0.717) is 5.70 Å². The van der Waals surface area contributed by atoms with Gasteiger partial charge in [0.15, 0.2) is 0 Å². The van der Waals surface area contributed by atoms with Gasteiger partial charge in [0.05, 0.1) is 5.70 Å². The molecular formula is C16H23F3N4O3. The highest BCUT2D eigenvalue weighted by molar-refractivity contribution is 5.80. The second-order valence-corrected chi connectivity index (χ2v) is 4.49. The van der Waals surface area contributed by atoms with E-state index in [9.17, 15) is 18.0 Å². The van der Waals surface area contributed by atoms with Crippen molar-refractivity contribution in [2.45, 2.75) is 46.6 Å². The molecule has 2 aliphatic rings. The van der Waals surface area contributed by atoms with Crippen molar-refractivity contribution >= 4 is 6.03 Å². The van der Waals surface area contributed by atoms with Gasteiger partial charge in [0.2, 0.25) is 6.35 Å². The second kappa shape index (κ2) is 9.76. The fraction of sp³-hybridized carbons (Fsp3) is 0.438. The number of alkyl halides is 3. The molecule has 26 heavy (non-hydrogen) atoms. The first-order valence-corrected chi connectivity index (χ1v) is 8.21. The summed E-state index contributed by atoms with van der Waals surface area (Å²) in [5, 5.41) is 10.9. The molecule has 2 aliphatic heterocycles. The third kappa shape index (κ3) is 6.36. The molecule has 2 atom stereocenters. The van der Waals surface area contributed by atoms with Crippen molar-refractivity contribution in [3.05, 3.63) is 36.2 Å². The molecule has 0 radical (unpaired) electrons. The van der Waals surface area contributed by atoms with E-state index in [-0.39, 0.29) is 17.5 Å². The van der Waals surface area contributed by atoms with Gasteiger partial charge in [-0.15, -0.1) is 13.2 Å². The summed E-state index contributed by atoms with van der Waals surface area (Å²) in [6.07, 6.45) is -4.40. The van der Waals surface area contributed by atoms with Crippen LogP contribution in [0.1, 0.15) is 27.7 Å². The molecule has 1 saturated heterocycles. The lowest BCUT2D eigenvalue weighted by molar-refractivity contribution is -0.274. The number of amides is 2. The normalized spacial score (nSPS) is 20.4. The molecule has 7 nitrogen and oxygen atoms in total. The molecule has 0 spiro atoms. The SMILES string of the molecule is CC.CC.O=C1NC2=CNC(Oc3cccc(OC(F)(F)F)c3)NC2N1. The number of benzene rings is 1. The molecule has 0 saturated carbocycles. The zero-order valence-corrected chi connectivity index (χ0v) is 14.9. The van der Waals surface area contributed by atoms with Gasteiger partial charge in [-0.05, 0) is 12.1 Å². The maximum Gasteiger partial charge on any atom is 0.573 e. The fourth-order valence-corrected chi connectivity index (χ4v) is 2.01. The van der Waals surface area contributed by atoms with Crippen LogP contribution >= 0.6 is 0 Å². The molecule has 2 amide bonds. The monoisotopic (exact) mass is 376 g/mol. The zero-order chi connectivity index (χ0) is 19.7. The van der Waals surface area contributed by atoms with Crippen LogP contribution in [-0.4, -0.2) is 24.9 Å². The lowest BCUT2D eigenvalue weighted by atomic mass is 10.3. The number of hydrogen-bond acceptors (Lipinski definition) is 5. The van der Waals surface area contributed by atoms with Gasteiger partial charge in [-0.3, -0.25) is 0 Å². The Balaban J connectivity index is 0.000000791. The number of nitrogens with one attached hydrogen (secondary N) is 4. The van der Waals surface area contributed by atoms with Gasteiger partial charge >= 0.3 is 12.4 Å². The van der Waals surface area contributed by atoms with Crippen LogP contribution in [0.2, 0.25) is 0 Å². The zero-order valence-electron chi connectivity index (χ0n) is 14.9. The Hall–Kier alpha value is -2.62. The van der Waals surface area contributed by atoms with Crippen molar-refractivity contribution in [2.75, 3.05) is 0 Å². The molecule has 4 N–H and O–H groups in total. The quantitative estimate of drug-likeness (QED) is 0.652. The predicted molar refractivity (Wildman–Crippen MR) is 90.0 cm³/mol. The Morgan fingerprint density at radius 2 is 1.73 bits per heavy atom. The Bertz CT molecular complexity index is 623. The van der Waals surface area contributed by atoms with Crippen molar-refractivity contribution in [1.29, 1.82) is 0 Å². The molecule has 3 rings (SSSR count). The average Bonchev–Trinajstić information content (AvgIpc) is 2.97. The number of halogens is 3. The first kappa shape index (κ1) is 21.4. The van der Waals surface area contributed by atoms with Crippen molar-refractivity contribution in [3.63, 3.8) is 0 Å². The highest BCUT2D eigenvalue weighted by Gasteiger charge is 2.32. The fourth-order valence-electron chi connectivity index (χ4n) is 2.01. The molecule has 0 aromatic heterocycles. The van der Waals surface area contributed by atoms with Crippen LogP contribution in [0, 0.1) is 0 Å². The van der Waals surface area contributed by atoms with Gasteiger partial charge in [0.1, 0.15) is 17.7 Å². The molecule has 10 heteroatoms. The van der Waals surface area contributed by atoms with E-state index < -0.39 is 18.9 Å². The first-order chi connectivity index (χ1) is 12.4. The third-order valence-corrected chi connectivity index (χ3v) is 2.85. The Kier molecular flexibility index (Phi) is 8.04. The standard InChI is InChI=1S/C12H11F3N4O3.2C2H6/c13-12(14,15)22-7-3-1-2-6(4-7)21-11-16-5-8-9(19-11)18-10(20)17-8;2*1-2/h1-5,9,11,16,19H,(H2,17,18,20);2*1-2H3. The molecule has 2 unspecified atom stereocenters. The topological polar surface area (TPSA) is 83.7 Å². The van der Waals surface area contributed by atoms with Crippen LogP contribution in [0.5, 0.6) is 11.5 Å². The van der Waals surface area contributed by atoms with Crippen LogP contribution in [0.25, 0.3) is 0 Å². The average molecular weight is 376 g/mol. The molecule has 1 aromatic carbocycles. The van der Waals surface area contributed by atoms with Gasteiger partial charge in [-0.25, -0.2) is 10.1 Å². The minimum absolute atomic E-state index is 0.167. The Morgan fingerprint density at radius 1 is 1.08 bits per heavy atom. The number of carbonyl (C=O) groups is 1. The maximum atomic E-state index is 12.2. The van der Waals surface area contributed by atoms with Crippen LogP contribution < -0.4 is 30.7 Å². The van der Waals surface area contributed by atoms with Crippen LogP contribution in [0.3, 0.4) is 0 Å². The molecule has 1 fully saturated rings. The molecule has 0 aliphatic carbocycles. The van der Waals surface area contributed by atoms with Crippen molar-refractivity contribution in [1.82, 2.24) is 21.3 Å². The number of fused-ring (bicyclic) bond motifs is 1. The van der Waals surface area contributed by atoms with Gasteiger partial charge in [0.25, 0.3) is 0 Å². The summed E-state index contributed by atoms with van der Waals surface area (Å²) in [5.41, 5.74) is 0.596. The van der Waals surface area contributed by atoms with E-state index in [1.165, 1.54) is 18.2 Å². The Labute approximate surface area is 149 Å². The van der Waals surface area contributed by atoms with E-state index in [1.54, 1.807) is 6.20 Å². The highest BCUT2D eigenvalue weighted by atomic mass is 19.4. The van der Waals surface area contributed by atoms with Gasteiger partial charge in [0, 0.05) is 12.3 Å². The molecule has 0 bridgehead atoms. The smallest absolute Gasteiger partial charge is 0.457 e. The van der Waals surface area contributed by atoms with Gasteiger partial charge in [-0.1, -0.05) is 33.8 Å². The number of carbonyl (C=O) groups excluding carboxylic acids is 1. The number of rotatable bonds is 3. The summed E-state index contributed by atoms with van der Waals surface area (Å²) in [6.45, 7) is 8.00. The van der Waals surface area contributed by atoms with E-state index in [1.807, 2.05) is 27.7 Å².